The Balaban J connectivity index is 2.46. The molecule has 0 saturated heterocycles. The Morgan fingerprint density at radius 2 is 2.31 bits per heavy atom. The Morgan fingerprint density at radius 3 is 2.92 bits per heavy atom. The van der Waals surface area contributed by atoms with E-state index in [1.165, 1.54) is 4.88 Å². The van der Waals surface area contributed by atoms with Gasteiger partial charge in [-0.1, -0.05) is 11.6 Å². The van der Waals surface area contributed by atoms with Gasteiger partial charge < -0.3 is 0 Å². The van der Waals surface area contributed by atoms with Crippen LogP contribution in [0.1, 0.15) is 4.88 Å². The lowest BCUT2D eigenvalue weighted by Gasteiger charge is -1.94. The van der Waals surface area contributed by atoms with Gasteiger partial charge in [-0.2, -0.15) is 0 Å². The van der Waals surface area contributed by atoms with Gasteiger partial charge in [0.15, 0.2) is 5.82 Å². The first kappa shape index (κ1) is 8.66. The highest BCUT2D eigenvalue weighted by Crippen LogP contribution is 2.22. The monoisotopic (exact) mass is 210 g/mol. The number of aryl methyl sites for hydroxylation is 1. The second-order valence-electron chi connectivity index (χ2n) is 2.65. The third-order valence-electron chi connectivity index (χ3n) is 1.61. The van der Waals surface area contributed by atoms with E-state index in [9.17, 15) is 0 Å². The Labute approximate surface area is 85.2 Å². The van der Waals surface area contributed by atoms with Crippen LogP contribution in [0, 0.1) is 6.92 Å². The number of hydrogen-bond donors (Lipinski definition) is 0. The van der Waals surface area contributed by atoms with Crippen LogP contribution in [0.4, 0.5) is 0 Å². The molecule has 66 valence electrons. The standard InChI is InChI=1S/C9H7ClN2S/c1-6-4-7(5-13-6)9-11-3-2-8(10)12-9/h2-5H,1H3. The molecule has 2 rings (SSSR count). The van der Waals surface area contributed by atoms with Crippen LogP contribution in [0.3, 0.4) is 0 Å². The normalized spacial score (nSPS) is 10.3. The van der Waals surface area contributed by atoms with E-state index in [-0.39, 0.29) is 0 Å². The number of halogens is 1. The molecule has 0 aliphatic carbocycles. The number of aromatic nitrogens is 2. The molecule has 0 radical (unpaired) electrons. The number of thiophene rings is 1. The minimum Gasteiger partial charge on any atom is -0.236 e. The second-order valence-corrected chi connectivity index (χ2v) is 4.15. The van der Waals surface area contributed by atoms with Gasteiger partial charge >= 0.3 is 0 Å². The van der Waals surface area contributed by atoms with Crippen LogP contribution < -0.4 is 0 Å². The first-order valence-corrected chi connectivity index (χ1v) is 5.05. The lowest BCUT2D eigenvalue weighted by Crippen LogP contribution is -1.85. The molecular weight excluding hydrogens is 204 g/mol. The molecule has 0 saturated carbocycles. The van der Waals surface area contributed by atoms with Gasteiger partial charge in [-0.25, -0.2) is 9.97 Å². The van der Waals surface area contributed by atoms with Crippen molar-refractivity contribution in [2.24, 2.45) is 0 Å². The highest BCUT2D eigenvalue weighted by molar-refractivity contribution is 7.10. The van der Waals surface area contributed by atoms with Crippen molar-refractivity contribution in [3.05, 3.63) is 33.7 Å². The minimum absolute atomic E-state index is 0.480. The van der Waals surface area contributed by atoms with Gasteiger partial charge in [0, 0.05) is 22.0 Å². The van der Waals surface area contributed by atoms with E-state index in [0.717, 1.165) is 5.56 Å². The summed E-state index contributed by atoms with van der Waals surface area (Å²) in [5.41, 5.74) is 1.03. The molecule has 0 unspecified atom stereocenters. The maximum Gasteiger partial charge on any atom is 0.161 e. The van der Waals surface area contributed by atoms with Crippen molar-refractivity contribution in [3.8, 4) is 11.4 Å². The molecule has 0 bridgehead atoms. The highest BCUT2D eigenvalue weighted by Gasteiger charge is 2.02. The summed E-state index contributed by atoms with van der Waals surface area (Å²) in [6.07, 6.45) is 1.66. The third-order valence-corrected chi connectivity index (χ3v) is 2.68. The fraction of sp³-hybridized carbons (Fsp3) is 0.111. The van der Waals surface area contributed by atoms with Crippen molar-refractivity contribution in [3.63, 3.8) is 0 Å². The molecule has 0 aliphatic rings. The molecule has 2 aromatic rings. The maximum atomic E-state index is 5.75. The number of rotatable bonds is 1. The molecule has 4 heteroatoms. The maximum absolute atomic E-state index is 5.75. The quantitative estimate of drug-likeness (QED) is 0.676. The van der Waals surface area contributed by atoms with E-state index in [2.05, 4.69) is 23.0 Å². The zero-order valence-electron chi connectivity index (χ0n) is 6.99. The molecule has 2 nitrogen and oxygen atoms in total. The predicted octanol–water partition coefficient (Wildman–Crippen LogP) is 3.17. The summed E-state index contributed by atoms with van der Waals surface area (Å²) in [5, 5.41) is 2.51. The van der Waals surface area contributed by atoms with Crippen molar-refractivity contribution in [2.75, 3.05) is 0 Å². The largest absolute Gasteiger partial charge is 0.236 e. The molecular formula is C9H7ClN2S. The van der Waals surface area contributed by atoms with E-state index >= 15 is 0 Å². The van der Waals surface area contributed by atoms with E-state index < -0.39 is 0 Å². The fourth-order valence-corrected chi connectivity index (χ4v) is 1.85. The average Bonchev–Trinajstić information content (AvgIpc) is 2.52. The predicted molar refractivity (Wildman–Crippen MR) is 55.1 cm³/mol. The van der Waals surface area contributed by atoms with Crippen LogP contribution in [-0.4, -0.2) is 9.97 Å². The molecule has 2 aromatic heterocycles. The van der Waals surface area contributed by atoms with E-state index in [0.29, 0.717) is 11.0 Å². The molecule has 0 atom stereocenters. The minimum atomic E-state index is 0.480. The number of hydrogen-bond acceptors (Lipinski definition) is 3. The molecule has 0 amide bonds. The summed E-state index contributed by atoms with van der Waals surface area (Å²) in [5.74, 6) is 0.692. The van der Waals surface area contributed by atoms with Gasteiger partial charge in [0.2, 0.25) is 0 Å². The van der Waals surface area contributed by atoms with Crippen molar-refractivity contribution in [1.82, 2.24) is 9.97 Å². The van der Waals surface area contributed by atoms with Crippen LogP contribution in [0.5, 0.6) is 0 Å². The van der Waals surface area contributed by atoms with Gasteiger partial charge in [-0.05, 0) is 19.1 Å². The van der Waals surface area contributed by atoms with E-state index in [1.54, 1.807) is 23.6 Å². The van der Waals surface area contributed by atoms with Gasteiger partial charge in [0.05, 0.1) is 0 Å². The van der Waals surface area contributed by atoms with Crippen LogP contribution in [-0.2, 0) is 0 Å². The first-order valence-electron chi connectivity index (χ1n) is 3.80. The summed E-state index contributed by atoms with van der Waals surface area (Å²) in [6.45, 7) is 2.05. The van der Waals surface area contributed by atoms with Crippen molar-refractivity contribution in [1.29, 1.82) is 0 Å². The first-order chi connectivity index (χ1) is 6.25. The van der Waals surface area contributed by atoms with Crippen LogP contribution in [0.2, 0.25) is 5.15 Å². The third kappa shape index (κ3) is 1.87. The van der Waals surface area contributed by atoms with Crippen LogP contribution in [0.25, 0.3) is 11.4 Å². The van der Waals surface area contributed by atoms with Gasteiger partial charge in [0.1, 0.15) is 5.15 Å². The molecule has 0 aromatic carbocycles. The molecule has 0 N–H and O–H groups in total. The molecule has 0 spiro atoms. The summed E-state index contributed by atoms with van der Waals surface area (Å²) in [4.78, 5) is 9.50. The molecule has 13 heavy (non-hydrogen) atoms. The Kier molecular flexibility index (Phi) is 2.29. The lowest BCUT2D eigenvalue weighted by atomic mass is 10.3. The topological polar surface area (TPSA) is 25.8 Å². The van der Waals surface area contributed by atoms with Gasteiger partial charge in [-0.3, -0.25) is 0 Å². The van der Waals surface area contributed by atoms with Gasteiger partial charge in [0.25, 0.3) is 0 Å². The highest BCUT2D eigenvalue weighted by atomic mass is 35.5. The zero-order chi connectivity index (χ0) is 9.26. The fourth-order valence-electron chi connectivity index (χ4n) is 1.04. The van der Waals surface area contributed by atoms with Gasteiger partial charge in [-0.15, -0.1) is 11.3 Å². The summed E-state index contributed by atoms with van der Waals surface area (Å²) in [7, 11) is 0. The zero-order valence-corrected chi connectivity index (χ0v) is 8.56. The average molecular weight is 211 g/mol. The van der Waals surface area contributed by atoms with Crippen molar-refractivity contribution < 1.29 is 0 Å². The van der Waals surface area contributed by atoms with Crippen molar-refractivity contribution >= 4 is 22.9 Å². The Hall–Kier alpha value is -0.930. The summed E-state index contributed by atoms with van der Waals surface area (Å²) < 4.78 is 0. The smallest absolute Gasteiger partial charge is 0.161 e. The second kappa shape index (κ2) is 3.44. The van der Waals surface area contributed by atoms with Crippen molar-refractivity contribution in [2.45, 2.75) is 6.92 Å². The molecule has 0 aliphatic heterocycles. The lowest BCUT2D eigenvalue weighted by molar-refractivity contribution is 1.18. The Bertz CT molecular complexity index is 425. The molecule has 0 fully saturated rings. The van der Waals surface area contributed by atoms with E-state index in [1.807, 2.05) is 5.38 Å². The Morgan fingerprint density at radius 1 is 1.46 bits per heavy atom. The summed E-state index contributed by atoms with van der Waals surface area (Å²) in [6, 6.07) is 3.72. The summed E-state index contributed by atoms with van der Waals surface area (Å²) >= 11 is 7.44. The molecule has 2 heterocycles. The van der Waals surface area contributed by atoms with E-state index in [4.69, 9.17) is 11.6 Å². The van der Waals surface area contributed by atoms with Crippen LogP contribution in [0.15, 0.2) is 23.7 Å². The van der Waals surface area contributed by atoms with Crippen LogP contribution >= 0.6 is 22.9 Å². The number of nitrogens with zero attached hydrogens (tertiary/aromatic N) is 2. The SMILES string of the molecule is Cc1cc(-c2nccc(Cl)n2)cs1.